The van der Waals surface area contributed by atoms with Crippen LogP contribution in [-0.4, -0.2) is 35.2 Å². The van der Waals surface area contributed by atoms with Gasteiger partial charge in [0.1, 0.15) is 6.54 Å². The van der Waals surface area contributed by atoms with Gasteiger partial charge >= 0.3 is 0 Å². The third kappa shape index (κ3) is 2.66. The highest BCUT2D eigenvalue weighted by molar-refractivity contribution is 6.09. The van der Waals surface area contributed by atoms with Crippen LogP contribution in [0.5, 0.6) is 0 Å². The first kappa shape index (κ1) is 16.3. The predicted molar refractivity (Wildman–Crippen MR) is 93.9 cm³/mol. The van der Waals surface area contributed by atoms with E-state index < -0.39 is 0 Å². The first-order valence-electron chi connectivity index (χ1n) is 9.33. The Hall–Kier alpha value is -2.17. The third-order valence-electron chi connectivity index (χ3n) is 6.02. The van der Waals surface area contributed by atoms with Crippen molar-refractivity contribution in [3.63, 3.8) is 0 Å². The Kier molecular flexibility index (Phi) is 4.10. The fraction of sp³-hybridized carbons (Fsp3) is 0.550. The van der Waals surface area contributed by atoms with Crippen molar-refractivity contribution in [1.29, 1.82) is 0 Å². The number of carbonyl (C=O) groups excluding carboxylic acids is 3. The SMILES string of the molecule is CC1CCc2ccccc2N1C(=O)CN1C(=O)C2CCCCC2C1=O. The molecule has 1 aliphatic carbocycles. The van der Waals surface area contributed by atoms with Crippen molar-refractivity contribution in [2.75, 3.05) is 11.4 Å². The number of rotatable bonds is 2. The van der Waals surface area contributed by atoms with Crippen LogP contribution in [0.3, 0.4) is 0 Å². The number of anilines is 1. The lowest BCUT2D eigenvalue weighted by molar-refractivity contribution is -0.143. The van der Waals surface area contributed by atoms with Crippen molar-refractivity contribution in [2.24, 2.45) is 11.8 Å². The molecule has 2 fully saturated rings. The first-order chi connectivity index (χ1) is 12.1. The molecule has 1 saturated carbocycles. The van der Waals surface area contributed by atoms with Gasteiger partial charge in [0.15, 0.2) is 0 Å². The largest absolute Gasteiger partial charge is 0.308 e. The average Bonchev–Trinajstić information content (AvgIpc) is 2.87. The van der Waals surface area contributed by atoms with Crippen LogP contribution in [0.4, 0.5) is 5.69 Å². The number of benzene rings is 1. The monoisotopic (exact) mass is 340 g/mol. The number of likely N-dealkylation sites (tertiary alicyclic amines) is 1. The number of hydrogen-bond acceptors (Lipinski definition) is 3. The Morgan fingerprint density at radius 3 is 2.36 bits per heavy atom. The van der Waals surface area contributed by atoms with Crippen molar-refractivity contribution >= 4 is 23.4 Å². The summed E-state index contributed by atoms with van der Waals surface area (Å²) >= 11 is 0. The summed E-state index contributed by atoms with van der Waals surface area (Å²) in [6, 6.07) is 7.99. The highest BCUT2D eigenvalue weighted by Crippen LogP contribution is 2.38. The normalized spacial score (nSPS) is 28.8. The maximum absolute atomic E-state index is 13.0. The van der Waals surface area contributed by atoms with Gasteiger partial charge in [0.05, 0.1) is 11.8 Å². The van der Waals surface area contributed by atoms with E-state index in [1.54, 1.807) is 4.90 Å². The molecule has 3 aliphatic rings. The van der Waals surface area contributed by atoms with Gasteiger partial charge in [0.25, 0.3) is 0 Å². The molecular weight excluding hydrogens is 316 g/mol. The van der Waals surface area contributed by atoms with Crippen molar-refractivity contribution in [2.45, 2.75) is 51.5 Å². The zero-order valence-electron chi connectivity index (χ0n) is 14.6. The smallest absolute Gasteiger partial charge is 0.247 e. The molecule has 25 heavy (non-hydrogen) atoms. The Balaban J connectivity index is 1.56. The minimum atomic E-state index is -0.194. The molecule has 0 aromatic heterocycles. The topological polar surface area (TPSA) is 57.7 Å². The fourth-order valence-corrected chi connectivity index (χ4v) is 4.67. The minimum absolute atomic E-state index is 0.0810. The van der Waals surface area contributed by atoms with E-state index in [2.05, 4.69) is 0 Å². The molecule has 0 N–H and O–H groups in total. The van der Waals surface area contributed by atoms with Crippen LogP contribution in [0.1, 0.15) is 44.6 Å². The summed E-state index contributed by atoms with van der Waals surface area (Å²) in [6.45, 7) is 1.91. The van der Waals surface area contributed by atoms with E-state index in [-0.39, 0.29) is 42.1 Å². The number of carbonyl (C=O) groups is 3. The van der Waals surface area contributed by atoms with Crippen LogP contribution in [0.25, 0.3) is 0 Å². The number of hydrogen-bond donors (Lipinski definition) is 0. The number of para-hydroxylation sites is 1. The van der Waals surface area contributed by atoms with Crippen molar-refractivity contribution in [3.8, 4) is 0 Å². The van der Waals surface area contributed by atoms with Crippen molar-refractivity contribution < 1.29 is 14.4 Å². The number of nitrogens with zero attached hydrogens (tertiary/aromatic N) is 2. The Morgan fingerprint density at radius 1 is 1.04 bits per heavy atom. The molecule has 1 saturated heterocycles. The van der Waals surface area contributed by atoms with Crippen LogP contribution in [0, 0.1) is 11.8 Å². The molecule has 1 aromatic rings. The van der Waals surface area contributed by atoms with Crippen LogP contribution < -0.4 is 4.90 Å². The summed E-state index contributed by atoms with van der Waals surface area (Å²) in [4.78, 5) is 41.3. The molecule has 1 aromatic carbocycles. The lowest BCUT2D eigenvalue weighted by Crippen LogP contribution is -2.48. The molecule has 132 valence electrons. The number of fused-ring (bicyclic) bond motifs is 2. The number of amides is 3. The maximum Gasteiger partial charge on any atom is 0.247 e. The molecule has 0 radical (unpaired) electrons. The summed E-state index contributed by atoms with van der Waals surface area (Å²) in [5.74, 6) is -0.817. The van der Waals surface area contributed by atoms with E-state index in [4.69, 9.17) is 0 Å². The molecule has 2 aliphatic heterocycles. The third-order valence-corrected chi connectivity index (χ3v) is 6.02. The van der Waals surface area contributed by atoms with Crippen LogP contribution in [0.2, 0.25) is 0 Å². The van der Waals surface area contributed by atoms with Gasteiger partial charge in [-0.05, 0) is 44.2 Å². The minimum Gasteiger partial charge on any atom is -0.308 e. The molecule has 5 nitrogen and oxygen atoms in total. The lowest BCUT2D eigenvalue weighted by Gasteiger charge is -2.36. The Morgan fingerprint density at radius 2 is 1.68 bits per heavy atom. The molecule has 3 unspecified atom stereocenters. The van der Waals surface area contributed by atoms with Gasteiger partial charge in [0, 0.05) is 11.7 Å². The number of imide groups is 1. The summed E-state index contributed by atoms with van der Waals surface area (Å²) in [5.41, 5.74) is 2.07. The lowest BCUT2D eigenvalue weighted by atomic mass is 9.81. The highest BCUT2D eigenvalue weighted by atomic mass is 16.2. The maximum atomic E-state index is 13.0. The van der Waals surface area contributed by atoms with Gasteiger partial charge in [-0.2, -0.15) is 0 Å². The van der Waals surface area contributed by atoms with E-state index in [0.29, 0.717) is 0 Å². The van der Waals surface area contributed by atoms with Gasteiger partial charge in [0.2, 0.25) is 17.7 Å². The molecule has 3 amide bonds. The van der Waals surface area contributed by atoms with Gasteiger partial charge in [-0.1, -0.05) is 31.0 Å². The van der Waals surface area contributed by atoms with E-state index in [0.717, 1.165) is 49.8 Å². The molecule has 4 rings (SSSR count). The van der Waals surface area contributed by atoms with Gasteiger partial charge in [-0.25, -0.2) is 0 Å². The first-order valence-corrected chi connectivity index (χ1v) is 9.33. The predicted octanol–water partition coefficient (Wildman–Crippen LogP) is 2.53. The van der Waals surface area contributed by atoms with E-state index >= 15 is 0 Å². The second-order valence-electron chi connectivity index (χ2n) is 7.54. The van der Waals surface area contributed by atoms with E-state index in [1.165, 1.54) is 4.90 Å². The van der Waals surface area contributed by atoms with E-state index in [1.807, 2.05) is 31.2 Å². The molecule has 0 bridgehead atoms. The average molecular weight is 340 g/mol. The van der Waals surface area contributed by atoms with Gasteiger partial charge in [-0.3, -0.25) is 19.3 Å². The second-order valence-corrected chi connectivity index (χ2v) is 7.54. The summed E-state index contributed by atoms with van der Waals surface area (Å²) in [6.07, 6.45) is 5.41. The zero-order valence-corrected chi connectivity index (χ0v) is 14.6. The second kappa shape index (κ2) is 6.28. The Labute approximate surface area is 148 Å². The Bertz CT molecular complexity index is 705. The summed E-state index contributed by atoms with van der Waals surface area (Å²) in [5, 5.41) is 0. The van der Waals surface area contributed by atoms with Crippen LogP contribution in [0.15, 0.2) is 24.3 Å². The van der Waals surface area contributed by atoms with Gasteiger partial charge < -0.3 is 4.90 Å². The fourth-order valence-electron chi connectivity index (χ4n) is 4.67. The van der Waals surface area contributed by atoms with Crippen LogP contribution >= 0.6 is 0 Å². The standard InChI is InChI=1S/C20H24N2O3/c1-13-10-11-14-6-2-5-9-17(14)22(13)18(23)12-21-19(24)15-7-3-4-8-16(15)20(21)25/h2,5-6,9,13,15-16H,3-4,7-8,10-12H2,1H3. The number of aryl methyl sites for hydroxylation is 1. The molecular formula is C20H24N2O3. The highest BCUT2D eigenvalue weighted by Gasteiger charge is 2.49. The quantitative estimate of drug-likeness (QED) is 0.778. The van der Waals surface area contributed by atoms with E-state index in [9.17, 15) is 14.4 Å². The van der Waals surface area contributed by atoms with Crippen molar-refractivity contribution in [1.82, 2.24) is 4.90 Å². The summed E-state index contributed by atoms with van der Waals surface area (Å²) < 4.78 is 0. The molecule has 3 atom stereocenters. The van der Waals surface area contributed by atoms with Crippen LogP contribution in [-0.2, 0) is 20.8 Å². The van der Waals surface area contributed by atoms with Gasteiger partial charge in [-0.15, -0.1) is 0 Å². The molecule has 0 spiro atoms. The molecule has 2 heterocycles. The van der Waals surface area contributed by atoms with Crippen molar-refractivity contribution in [3.05, 3.63) is 29.8 Å². The zero-order chi connectivity index (χ0) is 17.6. The molecule has 5 heteroatoms. The summed E-state index contributed by atoms with van der Waals surface area (Å²) in [7, 11) is 0.